The van der Waals surface area contributed by atoms with Crippen molar-refractivity contribution in [2.75, 3.05) is 26.2 Å². The lowest BCUT2D eigenvalue weighted by Crippen LogP contribution is -2.45. The number of aryl methyl sites for hydroxylation is 1. The van der Waals surface area contributed by atoms with Gasteiger partial charge in [-0.25, -0.2) is 9.48 Å². The number of urea groups is 1. The maximum Gasteiger partial charge on any atom is 0.317 e. The van der Waals surface area contributed by atoms with Crippen LogP contribution in [0.2, 0.25) is 0 Å². The summed E-state index contributed by atoms with van der Waals surface area (Å²) in [5.74, 6) is 0.0761. The topological polar surface area (TPSA) is 92.6 Å². The van der Waals surface area contributed by atoms with Gasteiger partial charge in [0.15, 0.2) is 0 Å². The van der Waals surface area contributed by atoms with Crippen molar-refractivity contribution in [1.82, 2.24) is 30.1 Å². The lowest BCUT2D eigenvalue weighted by molar-refractivity contribution is -0.0828. The Bertz CT molecular complexity index is 937. The summed E-state index contributed by atoms with van der Waals surface area (Å²) >= 11 is 1.49. The van der Waals surface area contributed by atoms with Crippen molar-refractivity contribution in [2.24, 2.45) is 0 Å². The fourth-order valence-corrected chi connectivity index (χ4v) is 5.01. The van der Waals surface area contributed by atoms with E-state index in [0.717, 1.165) is 28.2 Å². The molecular weight excluding hydrogens is 404 g/mol. The van der Waals surface area contributed by atoms with Gasteiger partial charge in [-0.3, -0.25) is 4.79 Å². The molecule has 4 rings (SSSR count). The van der Waals surface area contributed by atoms with Crippen molar-refractivity contribution in [3.63, 3.8) is 0 Å². The molecular formula is C20H28N6O3S. The minimum Gasteiger partial charge on any atom is -0.365 e. The van der Waals surface area contributed by atoms with Crippen molar-refractivity contribution < 1.29 is 14.3 Å². The van der Waals surface area contributed by atoms with Crippen LogP contribution in [0.5, 0.6) is 0 Å². The third-order valence-corrected chi connectivity index (χ3v) is 6.99. The molecule has 0 aliphatic carbocycles. The van der Waals surface area contributed by atoms with Crippen LogP contribution in [-0.2, 0) is 24.4 Å². The third-order valence-electron chi connectivity index (χ3n) is 5.99. The van der Waals surface area contributed by atoms with E-state index in [1.807, 2.05) is 41.8 Å². The molecule has 1 unspecified atom stereocenters. The average Bonchev–Trinajstić information content (AvgIpc) is 3.46. The molecule has 2 aliphatic rings. The first-order valence-electron chi connectivity index (χ1n) is 10.4. The molecule has 162 valence electrons. The van der Waals surface area contributed by atoms with Crippen LogP contribution < -0.4 is 5.32 Å². The Hall–Kier alpha value is -2.46. The largest absolute Gasteiger partial charge is 0.365 e. The number of fused-ring (bicyclic) bond motifs is 1. The van der Waals surface area contributed by atoms with Crippen LogP contribution in [0.4, 0.5) is 4.79 Å². The van der Waals surface area contributed by atoms with E-state index in [0.29, 0.717) is 45.9 Å². The third kappa shape index (κ3) is 3.81. The number of carbonyl (C=O) groups is 2. The molecule has 2 aromatic heterocycles. The van der Waals surface area contributed by atoms with Gasteiger partial charge in [-0.05, 0) is 44.2 Å². The molecule has 1 fully saturated rings. The molecule has 0 bridgehead atoms. The molecule has 4 heterocycles. The fraction of sp³-hybridized carbons (Fsp3) is 0.600. The van der Waals surface area contributed by atoms with E-state index >= 15 is 0 Å². The number of thiophene rings is 1. The summed E-state index contributed by atoms with van der Waals surface area (Å²) in [5.41, 5.74) is 2.21. The summed E-state index contributed by atoms with van der Waals surface area (Å²) in [6, 6.07) is 1.87. The van der Waals surface area contributed by atoms with E-state index in [-0.39, 0.29) is 11.9 Å². The van der Waals surface area contributed by atoms with E-state index in [1.54, 1.807) is 4.90 Å². The maximum absolute atomic E-state index is 12.9. The van der Waals surface area contributed by atoms with Gasteiger partial charge in [0.2, 0.25) is 0 Å². The summed E-state index contributed by atoms with van der Waals surface area (Å²) < 4.78 is 8.13. The molecule has 3 amide bonds. The molecule has 0 saturated carbocycles. The zero-order chi connectivity index (χ0) is 21.3. The van der Waals surface area contributed by atoms with Crippen LogP contribution in [0.15, 0.2) is 11.4 Å². The second kappa shape index (κ2) is 8.35. The minimum atomic E-state index is -0.427. The van der Waals surface area contributed by atoms with Gasteiger partial charge in [-0.15, -0.1) is 16.4 Å². The molecule has 10 heteroatoms. The van der Waals surface area contributed by atoms with E-state index in [9.17, 15) is 9.59 Å². The van der Waals surface area contributed by atoms with Gasteiger partial charge in [0.05, 0.1) is 36.8 Å². The predicted molar refractivity (Wildman–Crippen MR) is 112 cm³/mol. The van der Waals surface area contributed by atoms with Crippen LogP contribution in [0.1, 0.15) is 46.9 Å². The van der Waals surface area contributed by atoms with E-state index < -0.39 is 5.60 Å². The quantitative estimate of drug-likeness (QED) is 0.780. The van der Waals surface area contributed by atoms with Crippen LogP contribution in [0, 0.1) is 6.92 Å². The zero-order valence-corrected chi connectivity index (χ0v) is 18.5. The molecule has 9 nitrogen and oxygen atoms in total. The van der Waals surface area contributed by atoms with Gasteiger partial charge in [0, 0.05) is 19.6 Å². The molecule has 0 aromatic carbocycles. The standard InChI is InChI=1S/C20H28N6O3S/c1-4-24(5-2)19(28)21-10-15-16-11-29-20(13-26(16)23-22-15)7-8-25(12-20)18(27)17-14(3)6-9-30-17/h6,9H,4-5,7-8,10-13H2,1-3H3,(H,21,28). The first-order valence-corrected chi connectivity index (χ1v) is 11.3. The summed E-state index contributed by atoms with van der Waals surface area (Å²) in [5, 5.41) is 13.4. The van der Waals surface area contributed by atoms with Crippen molar-refractivity contribution in [3.8, 4) is 0 Å². The van der Waals surface area contributed by atoms with Crippen molar-refractivity contribution in [3.05, 3.63) is 33.3 Å². The first-order chi connectivity index (χ1) is 14.5. The number of hydrogen-bond acceptors (Lipinski definition) is 6. The van der Waals surface area contributed by atoms with Gasteiger partial charge in [-0.2, -0.15) is 0 Å². The summed E-state index contributed by atoms with van der Waals surface area (Å²) in [7, 11) is 0. The number of aromatic nitrogens is 3. The van der Waals surface area contributed by atoms with E-state index in [1.165, 1.54) is 11.3 Å². The lowest BCUT2D eigenvalue weighted by atomic mass is 10.0. The van der Waals surface area contributed by atoms with Crippen molar-refractivity contribution >= 4 is 23.3 Å². The van der Waals surface area contributed by atoms with Gasteiger partial charge in [0.1, 0.15) is 11.3 Å². The Labute approximate surface area is 180 Å². The summed E-state index contributed by atoms with van der Waals surface area (Å²) in [6.45, 7) is 9.68. The monoisotopic (exact) mass is 432 g/mol. The number of carbonyl (C=O) groups excluding carboxylic acids is 2. The Kier molecular flexibility index (Phi) is 5.79. The smallest absolute Gasteiger partial charge is 0.317 e. The van der Waals surface area contributed by atoms with Crippen molar-refractivity contribution in [2.45, 2.75) is 52.5 Å². The van der Waals surface area contributed by atoms with Crippen LogP contribution in [0.25, 0.3) is 0 Å². The molecule has 2 aliphatic heterocycles. The average molecular weight is 433 g/mol. The summed E-state index contributed by atoms with van der Waals surface area (Å²) in [6.07, 6.45) is 0.774. The molecule has 1 atom stereocenters. The number of nitrogens with zero attached hydrogens (tertiary/aromatic N) is 5. The Morgan fingerprint density at radius 2 is 2.13 bits per heavy atom. The SMILES string of the molecule is CCN(CC)C(=O)NCc1nnn2c1COC1(CCN(C(=O)c3sccc3C)C1)C2. The lowest BCUT2D eigenvalue weighted by Gasteiger charge is -2.34. The zero-order valence-electron chi connectivity index (χ0n) is 17.7. The number of rotatable bonds is 5. The fourth-order valence-electron chi connectivity index (χ4n) is 4.11. The number of amides is 3. The van der Waals surface area contributed by atoms with Crippen LogP contribution >= 0.6 is 11.3 Å². The van der Waals surface area contributed by atoms with E-state index in [2.05, 4.69) is 15.6 Å². The second-order valence-corrected chi connectivity index (χ2v) is 8.77. The molecule has 2 aromatic rings. The highest BCUT2D eigenvalue weighted by Gasteiger charge is 2.45. The highest BCUT2D eigenvalue weighted by molar-refractivity contribution is 7.12. The Morgan fingerprint density at radius 3 is 2.83 bits per heavy atom. The maximum atomic E-state index is 12.9. The second-order valence-electron chi connectivity index (χ2n) is 7.85. The molecule has 30 heavy (non-hydrogen) atoms. The highest BCUT2D eigenvalue weighted by atomic mass is 32.1. The molecule has 1 N–H and O–H groups in total. The van der Waals surface area contributed by atoms with Gasteiger partial charge < -0.3 is 19.9 Å². The number of ether oxygens (including phenoxy) is 1. The predicted octanol–water partition coefficient (Wildman–Crippen LogP) is 2.01. The molecule has 1 spiro atoms. The van der Waals surface area contributed by atoms with Gasteiger partial charge >= 0.3 is 6.03 Å². The first kappa shape index (κ1) is 20.8. The normalized spacial score (nSPS) is 20.4. The van der Waals surface area contributed by atoms with Crippen LogP contribution in [0.3, 0.4) is 0 Å². The number of hydrogen-bond donors (Lipinski definition) is 1. The van der Waals surface area contributed by atoms with Gasteiger partial charge in [0.25, 0.3) is 5.91 Å². The van der Waals surface area contributed by atoms with Crippen molar-refractivity contribution in [1.29, 1.82) is 0 Å². The van der Waals surface area contributed by atoms with Gasteiger partial charge in [-0.1, -0.05) is 5.21 Å². The Morgan fingerprint density at radius 1 is 1.33 bits per heavy atom. The number of nitrogens with one attached hydrogen (secondary N) is 1. The highest BCUT2D eigenvalue weighted by Crippen LogP contribution is 2.34. The van der Waals surface area contributed by atoms with E-state index in [4.69, 9.17) is 4.74 Å². The molecule has 1 saturated heterocycles. The summed E-state index contributed by atoms with van der Waals surface area (Å²) in [4.78, 5) is 29.5. The number of likely N-dealkylation sites (tertiary alicyclic amines) is 1. The minimum absolute atomic E-state index is 0.0761. The Balaban J connectivity index is 1.40. The molecule has 0 radical (unpaired) electrons. The van der Waals surface area contributed by atoms with Crippen LogP contribution in [-0.4, -0.2) is 68.5 Å².